The number of methoxy groups -OCH3 is 1. The number of ether oxygens (including phenoxy) is 1. The van der Waals surface area contributed by atoms with E-state index >= 15 is 0 Å². The highest BCUT2D eigenvalue weighted by Crippen LogP contribution is 2.23. The van der Waals surface area contributed by atoms with Crippen LogP contribution in [-0.4, -0.2) is 20.3 Å². The van der Waals surface area contributed by atoms with Gasteiger partial charge < -0.3 is 9.84 Å². The summed E-state index contributed by atoms with van der Waals surface area (Å²) in [5.41, 5.74) is 4.13. The Morgan fingerprint density at radius 3 is 2.28 bits per heavy atom. The maximum Gasteiger partial charge on any atom is 0.138 e. The van der Waals surface area contributed by atoms with Gasteiger partial charge in [0, 0.05) is 0 Å². The predicted octanol–water partition coefficient (Wildman–Crippen LogP) is 3.80. The molecule has 0 aliphatic heterocycles. The summed E-state index contributed by atoms with van der Waals surface area (Å²) in [7, 11) is 0.154. The van der Waals surface area contributed by atoms with Crippen LogP contribution in [0.2, 0.25) is 18.1 Å². The summed E-state index contributed by atoms with van der Waals surface area (Å²) >= 11 is 0. The van der Waals surface area contributed by atoms with E-state index in [1.54, 1.807) is 25.3 Å². The molecule has 0 aliphatic carbocycles. The summed E-state index contributed by atoms with van der Waals surface area (Å²) in [5.74, 6) is 4.12. The minimum absolute atomic E-state index is 0.231. The van der Waals surface area contributed by atoms with Gasteiger partial charge in [0.25, 0.3) is 0 Å². The van der Waals surface area contributed by atoms with Crippen molar-refractivity contribution < 1.29 is 9.84 Å². The Morgan fingerprint density at radius 2 is 1.78 bits per heavy atom. The van der Waals surface area contributed by atoms with Crippen molar-refractivity contribution in [1.29, 1.82) is 0 Å². The molecule has 0 spiro atoms. The van der Waals surface area contributed by atoms with Crippen molar-refractivity contribution in [3.63, 3.8) is 0 Å². The number of hydrogen-bond donors (Lipinski definition) is 1. The van der Waals surface area contributed by atoms with E-state index in [2.05, 4.69) is 32.2 Å². The van der Waals surface area contributed by atoms with Crippen molar-refractivity contribution >= 4 is 8.07 Å². The third kappa shape index (κ3) is 3.30. The van der Waals surface area contributed by atoms with Crippen LogP contribution in [-0.2, 0) is 0 Å². The van der Waals surface area contributed by atoms with Gasteiger partial charge in [-0.15, -0.1) is 5.54 Å². The highest BCUT2D eigenvalue weighted by molar-refractivity contribution is 6.87. The first kappa shape index (κ1) is 14.7. The highest BCUT2D eigenvalue weighted by Gasteiger charge is 2.24. The van der Waals surface area contributed by atoms with E-state index < -0.39 is 8.07 Å². The molecule has 0 fully saturated rings. The van der Waals surface area contributed by atoms with Gasteiger partial charge >= 0.3 is 0 Å². The molecule has 3 heteroatoms. The first-order valence-electron chi connectivity index (χ1n) is 6.51. The Hall–Kier alpha value is -1.40. The lowest BCUT2D eigenvalue weighted by Gasteiger charge is -2.20. The smallest absolute Gasteiger partial charge is 0.138 e. The molecule has 0 aromatic heterocycles. The van der Waals surface area contributed by atoms with Crippen LogP contribution in [0.3, 0.4) is 0 Å². The van der Waals surface area contributed by atoms with E-state index in [-0.39, 0.29) is 5.75 Å². The van der Waals surface area contributed by atoms with Crippen molar-refractivity contribution in [3.05, 3.63) is 23.8 Å². The van der Waals surface area contributed by atoms with Gasteiger partial charge in [0.2, 0.25) is 0 Å². The monoisotopic (exact) mass is 262 g/mol. The van der Waals surface area contributed by atoms with Gasteiger partial charge in [0.15, 0.2) is 0 Å². The fourth-order valence-electron chi connectivity index (χ4n) is 1.96. The molecule has 0 atom stereocenters. The summed E-state index contributed by atoms with van der Waals surface area (Å²) in [5, 5.41) is 9.80. The van der Waals surface area contributed by atoms with Crippen LogP contribution < -0.4 is 4.74 Å². The van der Waals surface area contributed by atoms with Crippen molar-refractivity contribution in [2.45, 2.75) is 38.9 Å². The quantitative estimate of drug-likeness (QED) is 0.660. The minimum atomic E-state index is -1.46. The lowest BCUT2D eigenvalue weighted by Crippen LogP contribution is -2.29. The Kier molecular flexibility index (Phi) is 5.30. The second kappa shape index (κ2) is 6.51. The van der Waals surface area contributed by atoms with Gasteiger partial charge in [0.05, 0.1) is 12.7 Å². The second-order valence-electron chi connectivity index (χ2n) is 4.47. The molecule has 0 bridgehead atoms. The SMILES string of the molecule is CC[Si](C#Cc1cc(OC)ccc1O)(CC)CC. The van der Waals surface area contributed by atoms with Gasteiger partial charge in [-0.2, -0.15) is 0 Å². The molecule has 0 aliphatic rings. The number of phenols is 1. The molecule has 1 rings (SSSR count). The van der Waals surface area contributed by atoms with Gasteiger partial charge in [-0.05, 0) is 36.3 Å². The molecule has 1 aromatic carbocycles. The van der Waals surface area contributed by atoms with Crippen LogP contribution in [0.25, 0.3) is 0 Å². The number of aromatic hydroxyl groups is 1. The molecule has 0 unspecified atom stereocenters. The minimum Gasteiger partial charge on any atom is -0.507 e. The Morgan fingerprint density at radius 1 is 1.17 bits per heavy atom. The third-order valence-electron chi connectivity index (χ3n) is 3.70. The summed E-state index contributed by atoms with van der Waals surface area (Å²) in [4.78, 5) is 0. The fraction of sp³-hybridized carbons (Fsp3) is 0.467. The second-order valence-corrected chi connectivity index (χ2v) is 9.41. The van der Waals surface area contributed by atoms with Crippen molar-refractivity contribution in [2.75, 3.05) is 7.11 Å². The lowest BCUT2D eigenvalue weighted by atomic mass is 10.2. The molecule has 98 valence electrons. The number of benzene rings is 1. The Balaban J connectivity index is 3.10. The van der Waals surface area contributed by atoms with Crippen LogP contribution in [0, 0.1) is 11.5 Å². The van der Waals surface area contributed by atoms with Crippen LogP contribution in [0.15, 0.2) is 18.2 Å². The van der Waals surface area contributed by atoms with E-state index in [4.69, 9.17) is 4.74 Å². The van der Waals surface area contributed by atoms with Crippen molar-refractivity contribution in [2.24, 2.45) is 0 Å². The fourth-order valence-corrected chi connectivity index (χ4v) is 4.39. The van der Waals surface area contributed by atoms with Crippen LogP contribution in [0.1, 0.15) is 26.3 Å². The van der Waals surface area contributed by atoms with Crippen LogP contribution in [0.5, 0.6) is 11.5 Å². The van der Waals surface area contributed by atoms with Crippen LogP contribution in [0.4, 0.5) is 0 Å². The standard InChI is InChI=1S/C15H22O2Si/c1-5-18(6-2,7-3)11-10-13-12-14(17-4)8-9-15(13)16/h8-9,12,16H,5-7H2,1-4H3. The molecule has 1 N–H and O–H groups in total. The first-order valence-corrected chi connectivity index (χ1v) is 9.13. The van der Waals surface area contributed by atoms with Gasteiger partial charge in [-0.1, -0.05) is 26.7 Å². The van der Waals surface area contributed by atoms with E-state index in [1.807, 2.05) is 0 Å². The lowest BCUT2D eigenvalue weighted by molar-refractivity contribution is 0.412. The van der Waals surface area contributed by atoms with E-state index in [0.29, 0.717) is 5.56 Å². The molecule has 0 amide bonds. The topological polar surface area (TPSA) is 29.5 Å². The van der Waals surface area contributed by atoms with E-state index in [1.165, 1.54) is 0 Å². The van der Waals surface area contributed by atoms with Gasteiger partial charge in [-0.25, -0.2) is 0 Å². The summed E-state index contributed by atoms with van der Waals surface area (Å²) in [6.07, 6.45) is 0. The first-order chi connectivity index (χ1) is 8.60. The number of phenolic OH excluding ortho intramolecular Hbond substituents is 1. The van der Waals surface area contributed by atoms with Crippen LogP contribution >= 0.6 is 0 Å². The zero-order chi connectivity index (χ0) is 13.6. The molecule has 0 radical (unpaired) electrons. The zero-order valence-corrected chi connectivity index (χ0v) is 12.7. The molecule has 18 heavy (non-hydrogen) atoms. The summed E-state index contributed by atoms with van der Waals surface area (Å²) < 4.78 is 5.15. The average Bonchev–Trinajstić information content (AvgIpc) is 2.42. The molecular formula is C15H22O2Si. The van der Waals surface area contributed by atoms with Crippen molar-refractivity contribution in [1.82, 2.24) is 0 Å². The Labute approximate surface area is 111 Å². The highest BCUT2D eigenvalue weighted by atomic mass is 28.3. The summed E-state index contributed by atoms with van der Waals surface area (Å²) in [6.45, 7) is 6.66. The van der Waals surface area contributed by atoms with E-state index in [0.717, 1.165) is 23.9 Å². The molecule has 2 nitrogen and oxygen atoms in total. The predicted molar refractivity (Wildman–Crippen MR) is 78.7 cm³/mol. The number of hydrogen-bond acceptors (Lipinski definition) is 2. The van der Waals surface area contributed by atoms with Gasteiger partial charge in [-0.3, -0.25) is 0 Å². The third-order valence-corrected chi connectivity index (χ3v) is 8.41. The molecule has 0 saturated carbocycles. The van der Waals surface area contributed by atoms with E-state index in [9.17, 15) is 5.11 Å². The molecule has 0 saturated heterocycles. The maximum absolute atomic E-state index is 9.80. The largest absolute Gasteiger partial charge is 0.507 e. The average molecular weight is 262 g/mol. The molecule has 0 heterocycles. The Bertz CT molecular complexity index is 445. The maximum atomic E-state index is 9.80. The molecular weight excluding hydrogens is 240 g/mol. The van der Waals surface area contributed by atoms with Crippen molar-refractivity contribution in [3.8, 4) is 23.0 Å². The zero-order valence-electron chi connectivity index (χ0n) is 11.7. The molecule has 1 aromatic rings. The van der Waals surface area contributed by atoms with Gasteiger partial charge in [0.1, 0.15) is 19.6 Å². The normalized spacial score (nSPS) is 10.7. The summed E-state index contributed by atoms with van der Waals surface area (Å²) in [6, 6.07) is 8.66. The number of rotatable bonds is 4.